The quantitative estimate of drug-likeness (QED) is 0.570. The smallest absolute Gasteiger partial charge is 0.319 e. The zero-order chi connectivity index (χ0) is 19.7. The van der Waals surface area contributed by atoms with Gasteiger partial charge in [-0.25, -0.2) is 13.2 Å². The fourth-order valence-corrected chi connectivity index (χ4v) is 3.98. The second-order valence-corrected chi connectivity index (χ2v) is 8.16. The lowest BCUT2D eigenvalue weighted by molar-refractivity contribution is -0.137. The number of benzene rings is 2. The third kappa shape index (κ3) is 7.91. The molecule has 0 aliphatic rings. The molecule has 0 fully saturated rings. The summed E-state index contributed by atoms with van der Waals surface area (Å²) in [6, 6.07) is 15.1. The Kier molecular flexibility index (Phi) is 7.36. The van der Waals surface area contributed by atoms with Crippen molar-refractivity contribution in [2.24, 2.45) is 0 Å². The van der Waals surface area contributed by atoms with Gasteiger partial charge in [0.2, 0.25) is 0 Å². The van der Waals surface area contributed by atoms with Gasteiger partial charge < -0.3 is 15.7 Å². The van der Waals surface area contributed by atoms with Crippen LogP contribution in [0.5, 0.6) is 0 Å². The Morgan fingerprint density at radius 2 is 1.59 bits per heavy atom. The van der Waals surface area contributed by atoms with E-state index < -0.39 is 21.8 Å². The molecule has 27 heavy (non-hydrogen) atoms. The van der Waals surface area contributed by atoms with Gasteiger partial charge in [-0.15, -0.1) is 0 Å². The number of amides is 2. The minimum absolute atomic E-state index is 0.0188. The van der Waals surface area contributed by atoms with Crippen LogP contribution in [0.3, 0.4) is 0 Å². The van der Waals surface area contributed by atoms with Crippen molar-refractivity contribution in [2.45, 2.75) is 24.3 Å². The minimum atomic E-state index is -3.34. The summed E-state index contributed by atoms with van der Waals surface area (Å²) in [6.45, 7) is 0.239. The van der Waals surface area contributed by atoms with Crippen LogP contribution in [0.1, 0.15) is 24.0 Å². The van der Waals surface area contributed by atoms with Crippen molar-refractivity contribution in [2.75, 3.05) is 11.9 Å². The summed E-state index contributed by atoms with van der Waals surface area (Å²) in [5, 5.41) is 13.7. The molecule has 2 aromatic rings. The number of carbonyl (C=O) groups excluding carboxylic acids is 1. The highest BCUT2D eigenvalue weighted by atomic mass is 32.2. The molecule has 0 spiro atoms. The number of carboxylic acids is 1. The predicted molar refractivity (Wildman–Crippen MR) is 103 cm³/mol. The summed E-state index contributed by atoms with van der Waals surface area (Å²) in [6.07, 6.45) is 0.315. The first-order chi connectivity index (χ1) is 12.8. The zero-order valence-electron chi connectivity index (χ0n) is 14.7. The van der Waals surface area contributed by atoms with E-state index in [4.69, 9.17) is 5.11 Å². The van der Waals surface area contributed by atoms with E-state index in [9.17, 15) is 18.0 Å². The largest absolute Gasteiger partial charge is 0.481 e. The molecule has 0 heterocycles. The van der Waals surface area contributed by atoms with Crippen molar-refractivity contribution in [3.8, 4) is 0 Å². The molecule has 144 valence electrons. The Hall–Kier alpha value is -2.87. The van der Waals surface area contributed by atoms with Crippen LogP contribution in [0, 0.1) is 0 Å². The van der Waals surface area contributed by atoms with E-state index in [0.29, 0.717) is 17.7 Å². The number of hydrogen-bond donors (Lipinski definition) is 3. The van der Waals surface area contributed by atoms with E-state index in [-0.39, 0.29) is 24.5 Å². The Morgan fingerprint density at radius 3 is 2.30 bits per heavy atom. The number of carboxylic acid groups (broad SMARTS) is 1. The van der Waals surface area contributed by atoms with Crippen LogP contribution in [-0.4, -0.2) is 32.1 Å². The fourth-order valence-electron chi connectivity index (χ4n) is 2.49. The lowest BCUT2D eigenvalue weighted by Crippen LogP contribution is -2.29. The molecule has 0 radical (unpaired) electrons. The molecule has 0 bridgehead atoms. The molecule has 2 amide bonds. The highest BCUT2D eigenvalue weighted by Crippen LogP contribution is 2.16. The first-order valence-corrected chi connectivity index (χ1v) is 10.3. The maximum atomic E-state index is 12.4. The number of aliphatic carboxylic acids is 1. The summed E-state index contributed by atoms with van der Waals surface area (Å²) < 4.78 is 24.8. The molecular formula is C19H22N2O5S. The first kappa shape index (κ1) is 20.4. The van der Waals surface area contributed by atoms with Gasteiger partial charge in [0.05, 0.1) is 11.5 Å². The van der Waals surface area contributed by atoms with E-state index in [1.807, 2.05) is 6.07 Å². The van der Waals surface area contributed by atoms with E-state index in [1.54, 1.807) is 48.5 Å². The minimum Gasteiger partial charge on any atom is -0.481 e. The molecule has 0 aromatic heterocycles. The van der Waals surface area contributed by atoms with Gasteiger partial charge >= 0.3 is 12.0 Å². The van der Waals surface area contributed by atoms with Crippen LogP contribution in [0.2, 0.25) is 0 Å². The topological polar surface area (TPSA) is 113 Å². The average molecular weight is 390 g/mol. The van der Waals surface area contributed by atoms with Gasteiger partial charge in [-0.05, 0) is 29.7 Å². The Morgan fingerprint density at radius 1 is 0.926 bits per heavy atom. The number of rotatable bonds is 9. The van der Waals surface area contributed by atoms with Crippen molar-refractivity contribution in [3.63, 3.8) is 0 Å². The molecule has 3 N–H and O–H groups in total. The van der Waals surface area contributed by atoms with E-state index in [2.05, 4.69) is 10.6 Å². The summed E-state index contributed by atoms with van der Waals surface area (Å²) in [7, 11) is -3.34. The second-order valence-electron chi connectivity index (χ2n) is 6.10. The van der Waals surface area contributed by atoms with Gasteiger partial charge in [-0.2, -0.15) is 0 Å². The molecule has 8 heteroatoms. The molecule has 0 unspecified atom stereocenters. The highest BCUT2D eigenvalue weighted by molar-refractivity contribution is 7.89. The molecule has 0 aliphatic carbocycles. The van der Waals surface area contributed by atoms with Crippen LogP contribution in [0.4, 0.5) is 10.5 Å². The summed E-state index contributed by atoms with van der Waals surface area (Å²) in [4.78, 5) is 22.2. The van der Waals surface area contributed by atoms with Gasteiger partial charge in [0.15, 0.2) is 9.84 Å². The van der Waals surface area contributed by atoms with Crippen LogP contribution in [-0.2, 0) is 26.1 Å². The summed E-state index contributed by atoms with van der Waals surface area (Å²) in [5.74, 6) is -1.09. The molecule has 0 atom stereocenters. The lowest BCUT2D eigenvalue weighted by atomic mass is 10.2. The monoisotopic (exact) mass is 390 g/mol. The average Bonchev–Trinajstić information content (AvgIpc) is 2.59. The molecular weight excluding hydrogens is 368 g/mol. The SMILES string of the molecule is O=C(O)CCCNC(=O)Nc1cccc(CS(=O)(=O)Cc2ccccc2)c1. The molecule has 0 saturated heterocycles. The molecule has 0 aliphatic heterocycles. The summed E-state index contributed by atoms with van der Waals surface area (Å²) in [5.41, 5.74) is 1.78. The molecule has 0 saturated carbocycles. The van der Waals surface area contributed by atoms with Crippen molar-refractivity contribution in [3.05, 3.63) is 65.7 Å². The van der Waals surface area contributed by atoms with Crippen LogP contribution in [0.15, 0.2) is 54.6 Å². The van der Waals surface area contributed by atoms with Crippen molar-refractivity contribution in [1.29, 1.82) is 0 Å². The van der Waals surface area contributed by atoms with Crippen LogP contribution in [0.25, 0.3) is 0 Å². The van der Waals surface area contributed by atoms with Gasteiger partial charge in [-0.1, -0.05) is 42.5 Å². The number of carbonyl (C=O) groups is 2. The van der Waals surface area contributed by atoms with Crippen molar-refractivity contribution >= 4 is 27.5 Å². The third-order valence-corrected chi connectivity index (χ3v) is 5.20. The highest BCUT2D eigenvalue weighted by Gasteiger charge is 2.13. The number of anilines is 1. The van der Waals surface area contributed by atoms with Gasteiger partial charge in [0, 0.05) is 18.7 Å². The third-order valence-electron chi connectivity index (χ3n) is 3.65. The van der Waals surface area contributed by atoms with Crippen molar-refractivity contribution < 1.29 is 23.1 Å². The molecule has 7 nitrogen and oxygen atoms in total. The Bertz CT molecular complexity index is 882. The Labute approximate surface area is 158 Å². The van der Waals surface area contributed by atoms with Gasteiger partial charge in [0.25, 0.3) is 0 Å². The summed E-state index contributed by atoms with van der Waals surface area (Å²) >= 11 is 0. The maximum Gasteiger partial charge on any atom is 0.319 e. The van der Waals surface area contributed by atoms with E-state index in [0.717, 1.165) is 5.56 Å². The number of hydrogen-bond acceptors (Lipinski definition) is 4. The van der Waals surface area contributed by atoms with Crippen molar-refractivity contribution in [1.82, 2.24) is 5.32 Å². The zero-order valence-corrected chi connectivity index (χ0v) is 15.5. The standard InChI is InChI=1S/C19H22N2O5S/c22-18(23)10-5-11-20-19(24)21-17-9-4-8-16(12-17)14-27(25,26)13-15-6-2-1-3-7-15/h1-4,6-9,12H,5,10-11,13-14H2,(H,22,23)(H2,20,21,24). The lowest BCUT2D eigenvalue weighted by Gasteiger charge is -2.09. The number of nitrogens with one attached hydrogen (secondary N) is 2. The number of urea groups is 1. The Balaban J connectivity index is 1.90. The fraction of sp³-hybridized carbons (Fsp3) is 0.263. The molecule has 2 rings (SSSR count). The van der Waals surface area contributed by atoms with Crippen LogP contribution < -0.4 is 10.6 Å². The number of sulfone groups is 1. The van der Waals surface area contributed by atoms with Gasteiger partial charge in [-0.3, -0.25) is 4.79 Å². The van der Waals surface area contributed by atoms with Gasteiger partial charge in [0.1, 0.15) is 0 Å². The van der Waals surface area contributed by atoms with E-state index >= 15 is 0 Å². The maximum absolute atomic E-state index is 12.4. The molecule has 2 aromatic carbocycles. The van der Waals surface area contributed by atoms with E-state index in [1.165, 1.54) is 0 Å². The van der Waals surface area contributed by atoms with Crippen LogP contribution >= 0.6 is 0 Å². The predicted octanol–water partition coefficient (Wildman–Crippen LogP) is 2.79. The normalized spacial score (nSPS) is 11.0. The first-order valence-electron chi connectivity index (χ1n) is 8.44. The second kappa shape index (κ2) is 9.72.